The van der Waals surface area contributed by atoms with Crippen LogP contribution < -0.4 is 10.9 Å². The molecular weight excluding hydrogens is 402 g/mol. The monoisotopic (exact) mass is 419 g/mol. The van der Waals surface area contributed by atoms with Crippen molar-refractivity contribution in [1.29, 1.82) is 0 Å². The number of carbonyl (C=O) groups excluding carboxylic acids is 1. The van der Waals surface area contributed by atoms with E-state index in [2.05, 4.69) is 22.2 Å². The van der Waals surface area contributed by atoms with E-state index in [1.165, 1.54) is 16.6 Å². The molecule has 27 heavy (non-hydrogen) atoms. The van der Waals surface area contributed by atoms with Crippen LogP contribution in [-0.2, 0) is 17.6 Å². The van der Waals surface area contributed by atoms with Gasteiger partial charge in [0.1, 0.15) is 4.83 Å². The maximum absolute atomic E-state index is 12.6. The molecule has 4 rings (SSSR count). The first-order valence-electron chi connectivity index (χ1n) is 8.72. The molecule has 0 spiro atoms. The summed E-state index contributed by atoms with van der Waals surface area (Å²) >= 11 is 8.75. The molecule has 1 aromatic carbocycles. The van der Waals surface area contributed by atoms with E-state index in [-0.39, 0.29) is 17.2 Å². The highest BCUT2D eigenvalue weighted by Crippen LogP contribution is 2.36. The number of hydrogen-bond acceptors (Lipinski definition) is 5. The fourth-order valence-corrected chi connectivity index (χ4v) is 5.59. The second-order valence-corrected chi connectivity index (χ2v) is 9.23. The predicted octanol–water partition coefficient (Wildman–Crippen LogP) is 4.49. The van der Waals surface area contributed by atoms with Gasteiger partial charge in [-0.15, -0.1) is 11.3 Å². The number of benzene rings is 1. The first-order chi connectivity index (χ1) is 13.0. The highest BCUT2D eigenvalue weighted by molar-refractivity contribution is 7.99. The number of thiophene rings is 1. The second kappa shape index (κ2) is 7.66. The average Bonchev–Trinajstić information content (AvgIpc) is 2.97. The third kappa shape index (κ3) is 4.05. The van der Waals surface area contributed by atoms with Gasteiger partial charge in [-0.25, -0.2) is 4.98 Å². The molecule has 140 valence electrons. The smallest absolute Gasteiger partial charge is 0.260 e. The van der Waals surface area contributed by atoms with E-state index >= 15 is 0 Å². The van der Waals surface area contributed by atoms with E-state index in [0.29, 0.717) is 21.8 Å². The van der Waals surface area contributed by atoms with Gasteiger partial charge in [-0.1, -0.05) is 36.4 Å². The molecule has 1 aliphatic carbocycles. The van der Waals surface area contributed by atoms with Gasteiger partial charge >= 0.3 is 0 Å². The Labute approximate surface area is 169 Å². The minimum atomic E-state index is -0.177. The highest BCUT2D eigenvalue weighted by Gasteiger charge is 2.23. The molecule has 0 fully saturated rings. The minimum Gasteiger partial charge on any atom is -0.325 e. The SMILES string of the molecule is CC1CCc2c(sc3nc(SCC(=O)Nc4cccc(Cl)c4)[nH]c(=O)c23)C1. The van der Waals surface area contributed by atoms with Crippen molar-refractivity contribution < 1.29 is 4.79 Å². The number of carbonyl (C=O) groups is 1. The van der Waals surface area contributed by atoms with E-state index in [9.17, 15) is 9.59 Å². The zero-order chi connectivity index (χ0) is 19.0. The van der Waals surface area contributed by atoms with Crippen molar-refractivity contribution in [3.05, 3.63) is 50.1 Å². The summed E-state index contributed by atoms with van der Waals surface area (Å²) in [6, 6.07) is 6.99. The van der Waals surface area contributed by atoms with Crippen molar-refractivity contribution in [3.63, 3.8) is 0 Å². The standard InChI is InChI=1S/C19H18ClN3O2S2/c1-10-5-6-13-14(7-10)27-18-16(13)17(25)22-19(23-18)26-9-15(24)21-12-4-2-3-11(20)8-12/h2-4,8,10H,5-7,9H2,1H3,(H,21,24)(H,22,23,25). The largest absolute Gasteiger partial charge is 0.325 e. The van der Waals surface area contributed by atoms with Gasteiger partial charge < -0.3 is 10.3 Å². The number of nitrogens with zero attached hydrogens (tertiary/aromatic N) is 1. The number of aromatic amines is 1. The summed E-state index contributed by atoms with van der Waals surface area (Å²) in [4.78, 5) is 34.2. The van der Waals surface area contributed by atoms with Crippen molar-refractivity contribution in [2.75, 3.05) is 11.1 Å². The molecule has 2 heterocycles. The summed E-state index contributed by atoms with van der Waals surface area (Å²) in [7, 11) is 0. The molecule has 0 bridgehead atoms. The lowest BCUT2D eigenvalue weighted by molar-refractivity contribution is -0.113. The maximum atomic E-state index is 12.6. The van der Waals surface area contributed by atoms with Crippen molar-refractivity contribution in [2.45, 2.75) is 31.3 Å². The fourth-order valence-electron chi connectivity index (χ4n) is 3.29. The Balaban J connectivity index is 1.49. The Morgan fingerprint density at radius 2 is 2.33 bits per heavy atom. The molecule has 0 radical (unpaired) electrons. The van der Waals surface area contributed by atoms with Gasteiger partial charge in [-0.3, -0.25) is 9.59 Å². The molecule has 2 N–H and O–H groups in total. The van der Waals surface area contributed by atoms with Crippen molar-refractivity contribution in [2.24, 2.45) is 5.92 Å². The van der Waals surface area contributed by atoms with Gasteiger partial charge in [-0.2, -0.15) is 0 Å². The van der Waals surface area contributed by atoms with E-state index in [4.69, 9.17) is 11.6 Å². The number of aryl methyl sites for hydroxylation is 1. The van der Waals surface area contributed by atoms with Crippen LogP contribution in [0.4, 0.5) is 5.69 Å². The molecule has 1 aliphatic rings. The fraction of sp³-hybridized carbons (Fsp3) is 0.316. The summed E-state index contributed by atoms with van der Waals surface area (Å²) in [5.41, 5.74) is 1.70. The molecule has 0 aliphatic heterocycles. The van der Waals surface area contributed by atoms with Crippen LogP contribution in [0.15, 0.2) is 34.2 Å². The number of hydrogen-bond donors (Lipinski definition) is 2. The third-order valence-corrected chi connectivity index (χ3v) is 6.85. The minimum absolute atomic E-state index is 0.107. The van der Waals surface area contributed by atoms with E-state index < -0.39 is 0 Å². The molecule has 5 nitrogen and oxygen atoms in total. The van der Waals surface area contributed by atoms with E-state index in [0.717, 1.165) is 35.0 Å². The quantitative estimate of drug-likeness (QED) is 0.482. The number of halogens is 1. The number of aromatic nitrogens is 2. The van der Waals surface area contributed by atoms with Gasteiger partial charge in [0.25, 0.3) is 5.56 Å². The Hall–Kier alpha value is -1.83. The lowest BCUT2D eigenvalue weighted by Crippen LogP contribution is -2.16. The summed E-state index contributed by atoms with van der Waals surface area (Å²) in [6.45, 7) is 2.24. The number of rotatable bonds is 4. The maximum Gasteiger partial charge on any atom is 0.260 e. The number of amides is 1. The molecule has 1 amide bonds. The van der Waals surface area contributed by atoms with Gasteiger partial charge in [0.05, 0.1) is 11.1 Å². The molecule has 3 aromatic rings. The Kier molecular flexibility index (Phi) is 5.25. The number of fused-ring (bicyclic) bond motifs is 3. The lowest BCUT2D eigenvalue weighted by atomic mass is 9.89. The van der Waals surface area contributed by atoms with Gasteiger partial charge in [0.2, 0.25) is 5.91 Å². The second-order valence-electron chi connectivity index (χ2n) is 6.75. The number of thioether (sulfide) groups is 1. The lowest BCUT2D eigenvalue weighted by Gasteiger charge is -2.17. The normalized spacial score (nSPS) is 16.3. The zero-order valence-electron chi connectivity index (χ0n) is 14.7. The summed E-state index contributed by atoms with van der Waals surface area (Å²) in [5, 5.41) is 4.55. The Morgan fingerprint density at radius 1 is 1.48 bits per heavy atom. The van der Waals surface area contributed by atoms with Crippen molar-refractivity contribution in [3.8, 4) is 0 Å². The third-order valence-electron chi connectivity index (χ3n) is 4.59. The van der Waals surface area contributed by atoms with E-state index in [1.807, 2.05) is 0 Å². The van der Waals surface area contributed by atoms with Crippen molar-refractivity contribution in [1.82, 2.24) is 9.97 Å². The molecule has 8 heteroatoms. The van der Waals surface area contributed by atoms with Gasteiger partial charge in [0.15, 0.2) is 5.16 Å². The van der Waals surface area contributed by atoms with Crippen LogP contribution in [0, 0.1) is 5.92 Å². The van der Waals surface area contributed by atoms with Crippen LogP contribution in [0.2, 0.25) is 5.02 Å². The first-order valence-corrected chi connectivity index (χ1v) is 10.9. The molecule has 0 saturated carbocycles. The summed E-state index contributed by atoms with van der Waals surface area (Å²) < 4.78 is 0. The predicted molar refractivity (Wildman–Crippen MR) is 112 cm³/mol. The van der Waals surface area contributed by atoms with Crippen LogP contribution in [-0.4, -0.2) is 21.6 Å². The number of anilines is 1. The Bertz CT molecular complexity index is 1080. The average molecular weight is 420 g/mol. The molecule has 2 aromatic heterocycles. The van der Waals surface area contributed by atoms with E-state index in [1.54, 1.807) is 35.6 Å². The number of nitrogens with one attached hydrogen (secondary N) is 2. The Morgan fingerprint density at radius 3 is 3.15 bits per heavy atom. The van der Waals surface area contributed by atoms with Gasteiger partial charge in [-0.05, 0) is 48.9 Å². The number of H-pyrrole nitrogens is 1. The summed E-state index contributed by atoms with van der Waals surface area (Å²) in [5.74, 6) is 0.626. The van der Waals surface area contributed by atoms with Crippen molar-refractivity contribution >= 4 is 56.5 Å². The van der Waals surface area contributed by atoms with Crippen LogP contribution in [0.5, 0.6) is 0 Å². The van der Waals surface area contributed by atoms with Crippen LogP contribution in [0.25, 0.3) is 10.2 Å². The zero-order valence-corrected chi connectivity index (χ0v) is 17.1. The molecule has 1 atom stereocenters. The first kappa shape index (κ1) is 18.5. The highest BCUT2D eigenvalue weighted by atomic mass is 35.5. The molecule has 0 saturated heterocycles. The van der Waals surface area contributed by atoms with Crippen LogP contribution in [0.3, 0.4) is 0 Å². The summed E-state index contributed by atoms with van der Waals surface area (Å²) in [6.07, 6.45) is 3.06. The van der Waals surface area contributed by atoms with Gasteiger partial charge in [0, 0.05) is 15.6 Å². The van der Waals surface area contributed by atoms with Crippen LogP contribution >= 0.6 is 34.7 Å². The molecular formula is C19H18ClN3O2S2. The topological polar surface area (TPSA) is 74.8 Å². The molecule has 1 unspecified atom stereocenters. The van der Waals surface area contributed by atoms with Crippen LogP contribution in [0.1, 0.15) is 23.8 Å².